The Balaban J connectivity index is 1.92. The summed E-state index contributed by atoms with van der Waals surface area (Å²) in [5.41, 5.74) is 3.73. The topological polar surface area (TPSA) is 25.4 Å². The van der Waals surface area contributed by atoms with Crippen LogP contribution in [0.15, 0.2) is 65.1 Å². The van der Waals surface area contributed by atoms with Crippen LogP contribution in [0.3, 0.4) is 0 Å². The van der Waals surface area contributed by atoms with Crippen LogP contribution in [-0.2, 0) is 4.74 Å². The van der Waals surface area contributed by atoms with Gasteiger partial charge in [-0.25, -0.2) is 9.37 Å². The molecule has 0 aliphatic carbocycles. The van der Waals surface area contributed by atoms with Gasteiger partial charge in [-0.2, -0.15) is 0 Å². The lowest BCUT2D eigenvalue weighted by Gasteiger charge is -2.31. The van der Waals surface area contributed by atoms with E-state index in [1.54, 1.807) is 18.2 Å². The highest BCUT2D eigenvalue weighted by molar-refractivity contribution is 9.10. The molecule has 1 saturated heterocycles. The number of ether oxygens (including phenoxy) is 1. The number of hydrogen-bond donors (Lipinski definition) is 0. The summed E-state index contributed by atoms with van der Waals surface area (Å²) >= 11 is 16.2. The second-order valence-electron chi connectivity index (χ2n) is 7.56. The number of fused-ring (bicyclic) bond motifs is 1. The van der Waals surface area contributed by atoms with Crippen LogP contribution in [0, 0.1) is 5.82 Å². The fraction of sp³-hybridized carbons (Fsp3) is 0.160. The van der Waals surface area contributed by atoms with Gasteiger partial charge in [-0.05, 0) is 35.9 Å². The van der Waals surface area contributed by atoms with E-state index in [0.717, 1.165) is 37.9 Å². The molecule has 0 N–H and O–H groups in total. The minimum Gasteiger partial charge on any atom is -0.378 e. The lowest BCUT2D eigenvalue weighted by atomic mass is 9.91. The number of halogens is 4. The first-order valence-corrected chi connectivity index (χ1v) is 11.7. The van der Waals surface area contributed by atoms with Crippen LogP contribution >= 0.6 is 39.1 Å². The molecule has 0 bridgehead atoms. The van der Waals surface area contributed by atoms with E-state index in [1.807, 2.05) is 36.4 Å². The van der Waals surface area contributed by atoms with Crippen molar-refractivity contribution in [2.75, 3.05) is 31.2 Å². The molecule has 1 aromatic heterocycles. The van der Waals surface area contributed by atoms with Crippen molar-refractivity contribution in [3.8, 4) is 22.3 Å². The maximum atomic E-state index is 15.2. The van der Waals surface area contributed by atoms with E-state index in [1.165, 1.54) is 6.07 Å². The lowest BCUT2D eigenvalue weighted by molar-refractivity contribution is 0.122. The molecule has 162 valence electrons. The van der Waals surface area contributed by atoms with Crippen LogP contribution in [0.2, 0.25) is 10.0 Å². The fourth-order valence-corrected chi connectivity index (χ4v) is 4.75. The molecule has 32 heavy (non-hydrogen) atoms. The molecule has 1 fully saturated rings. The Kier molecular flexibility index (Phi) is 6.08. The van der Waals surface area contributed by atoms with Crippen molar-refractivity contribution in [2.24, 2.45) is 0 Å². The molecule has 4 aromatic rings. The van der Waals surface area contributed by atoms with Crippen LogP contribution in [0.25, 0.3) is 33.2 Å². The minimum atomic E-state index is -0.294. The van der Waals surface area contributed by atoms with E-state index in [9.17, 15) is 0 Å². The normalized spacial score (nSPS) is 14.2. The maximum Gasteiger partial charge on any atom is 0.137 e. The van der Waals surface area contributed by atoms with Gasteiger partial charge in [0.2, 0.25) is 0 Å². The zero-order chi connectivity index (χ0) is 22.2. The van der Waals surface area contributed by atoms with Crippen LogP contribution < -0.4 is 4.90 Å². The number of anilines is 1. The molecule has 0 radical (unpaired) electrons. The van der Waals surface area contributed by atoms with Gasteiger partial charge in [-0.15, -0.1) is 0 Å². The predicted molar refractivity (Wildman–Crippen MR) is 133 cm³/mol. The third-order valence-electron chi connectivity index (χ3n) is 5.59. The number of pyridine rings is 1. The van der Waals surface area contributed by atoms with Gasteiger partial charge in [-0.3, -0.25) is 0 Å². The monoisotopic (exact) mass is 530 g/mol. The van der Waals surface area contributed by atoms with Gasteiger partial charge in [-0.1, -0.05) is 69.5 Å². The Bertz CT molecular complexity index is 1330. The number of benzene rings is 3. The SMILES string of the molecule is Fc1ccccc1-c1c(-c2ccc(Cl)c(Cl)c2)c(N2CCOCC2)nc2cc(Br)ccc12. The number of nitrogens with zero attached hydrogens (tertiary/aromatic N) is 2. The highest BCUT2D eigenvalue weighted by atomic mass is 79.9. The minimum absolute atomic E-state index is 0.294. The molecule has 0 saturated carbocycles. The van der Waals surface area contributed by atoms with Crippen LogP contribution in [0.5, 0.6) is 0 Å². The zero-order valence-electron chi connectivity index (χ0n) is 16.9. The summed E-state index contributed by atoms with van der Waals surface area (Å²) in [7, 11) is 0. The number of hydrogen-bond acceptors (Lipinski definition) is 3. The van der Waals surface area contributed by atoms with Gasteiger partial charge in [0, 0.05) is 39.6 Å². The predicted octanol–water partition coefficient (Wildman–Crippen LogP) is 7.61. The second-order valence-corrected chi connectivity index (χ2v) is 9.29. The maximum absolute atomic E-state index is 15.2. The van der Waals surface area contributed by atoms with Gasteiger partial charge in [0.15, 0.2) is 0 Å². The Morgan fingerprint density at radius 2 is 1.69 bits per heavy atom. The average Bonchev–Trinajstić information content (AvgIpc) is 2.80. The Labute approximate surface area is 203 Å². The first-order chi connectivity index (χ1) is 15.5. The number of aromatic nitrogens is 1. The second kappa shape index (κ2) is 8.99. The van der Waals surface area contributed by atoms with E-state index in [4.69, 9.17) is 32.9 Å². The lowest BCUT2D eigenvalue weighted by Crippen LogP contribution is -2.37. The van der Waals surface area contributed by atoms with Crippen LogP contribution in [0.1, 0.15) is 0 Å². The summed E-state index contributed by atoms with van der Waals surface area (Å²) in [6, 6.07) is 18.2. The molecule has 3 aromatic carbocycles. The Hall–Kier alpha value is -2.18. The van der Waals surface area contributed by atoms with Crippen molar-refractivity contribution in [1.29, 1.82) is 0 Å². The van der Waals surface area contributed by atoms with Gasteiger partial charge in [0.05, 0.1) is 28.8 Å². The van der Waals surface area contributed by atoms with E-state index in [2.05, 4.69) is 20.8 Å². The summed E-state index contributed by atoms with van der Waals surface area (Å²) < 4.78 is 21.7. The van der Waals surface area contributed by atoms with Crippen molar-refractivity contribution in [3.63, 3.8) is 0 Å². The zero-order valence-corrected chi connectivity index (χ0v) is 20.0. The van der Waals surface area contributed by atoms with E-state index < -0.39 is 0 Å². The van der Waals surface area contributed by atoms with Crippen molar-refractivity contribution >= 4 is 55.9 Å². The fourth-order valence-electron chi connectivity index (χ4n) is 4.10. The average molecular weight is 532 g/mol. The van der Waals surface area contributed by atoms with Crippen molar-refractivity contribution in [1.82, 2.24) is 4.98 Å². The smallest absolute Gasteiger partial charge is 0.137 e. The molecule has 3 nitrogen and oxygen atoms in total. The molecular weight excluding hydrogens is 514 g/mol. The summed E-state index contributed by atoms with van der Waals surface area (Å²) in [6.45, 7) is 2.59. The van der Waals surface area contributed by atoms with E-state index >= 15 is 4.39 Å². The highest BCUT2D eigenvalue weighted by Gasteiger charge is 2.25. The third kappa shape index (κ3) is 3.99. The largest absolute Gasteiger partial charge is 0.378 e. The Morgan fingerprint density at radius 1 is 0.906 bits per heavy atom. The summed E-state index contributed by atoms with van der Waals surface area (Å²) in [6.07, 6.45) is 0. The van der Waals surface area contributed by atoms with Crippen LogP contribution in [0.4, 0.5) is 10.2 Å². The van der Waals surface area contributed by atoms with Gasteiger partial charge >= 0.3 is 0 Å². The van der Waals surface area contributed by atoms with Gasteiger partial charge < -0.3 is 9.64 Å². The van der Waals surface area contributed by atoms with Gasteiger partial charge in [0.1, 0.15) is 11.6 Å². The Morgan fingerprint density at radius 3 is 2.44 bits per heavy atom. The standard InChI is InChI=1S/C25H18BrCl2FN2O/c26-16-6-7-18-22(14-16)30-25(31-9-11-32-12-10-31)23(15-5-8-19(27)20(28)13-15)24(18)17-3-1-2-4-21(17)29/h1-8,13-14H,9-12H2. The molecule has 0 atom stereocenters. The molecule has 1 aliphatic heterocycles. The third-order valence-corrected chi connectivity index (χ3v) is 6.82. The van der Waals surface area contributed by atoms with Crippen molar-refractivity contribution in [2.45, 2.75) is 0 Å². The molecule has 1 aliphatic rings. The molecule has 5 rings (SSSR count). The molecular formula is C25H18BrCl2FN2O. The first kappa shape index (κ1) is 21.7. The van der Waals surface area contributed by atoms with Crippen molar-refractivity contribution < 1.29 is 9.13 Å². The van der Waals surface area contributed by atoms with Gasteiger partial charge in [0.25, 0.3) is 0 Å². The molecule has 2 heterocycles. The van der Waals surface area contributed by atoms with Crippen LogP contribution in [-0.4, -0.2) is 31.3 Å². The number of rotatable bonds is 3. The quantitative estimate of drug-likeness (QED) is 0.272. The molecule has 0 unspecified atom stereocenters. The number of morpholine rings is 1. The van der Waals surface area contributed by atoms with Crippen molar-refractivity contribution in [3.05, 3.63) is 81.0 Å². The first-order valence-electron chi connectivity index (χ1n) is 10.2. The summed E-state index contributed by atoms with van der Waals surface area (Å²) in [5, 5.41) is 1.76. The van der Waals surface area contributed by atoms with E-state index in [-0.39, 0.29) is 5.82 Å². The summed E-state index contributed by atoms with van der Waals surface area (Å²) in [4.78, 5) is 7.23. The summed E-state index contributed by atoms with van der Waals surface area (Å²) in [5.74, 6) is 0.479. The highest BCUT2D eigenvalue weighted by Crippen LogP contribution is 2.45. The molecule has 7 heteroatoms. The van der Waals surface area contributed by atoms with E-state index in [0.29, 0.717) is 41.9 Å². The molecule has 0 spiro atoms. The molecule has 0 amide bonds.